The molecule has 8 nitrogen and oxygen atoms in total. The second kappa shape index (κ2) is 9.13. The fourth-order valence-corrected chi connectivity index (χ4v) is 5.76. The fourth-order valence-electron chi connectivity index (χ4n) is 4.86. The van der Waals surface area contributed by atoms with Crippen molar-refractivity contribution in [3.8, 4) is 0 Å². The van der Waals surface area contributed by atoms with Crippen LogP contribution in [0, 0.1) is 12.8 Å². The van der Waals surface area contributed by atoms with Crippen LogP contribution < -0.4 is 10.6 Å². The molecule has 3 aliphatic rings. The number of aryl methyl sites for hydroxylation is 1. The van der Waals surface area contributed by atoms with Crippen molar-refractivity contribution >= 4 is 41.2 Å². The normalized spacial score (nSPS) is 25.8. The maximum absolute atomic E-state index is 13.0. The van der Waals surface area contributed by atoms with E-state index in [0.717, 1.165) is 54.3 Å². The van der Waals surface area contributed by atoms with E-state index in [1.165, 1.54) is 0 Å². The predicted molar refractivity (Wildman–Crippen MR) is 124 cm³/mol. The van der Waals surface area contributed by atoms with Gasteiger partial charge in [-0.25, -0.2) is 4.79 Å². The Labute approximate surface area is 192 Å². The molecule has 2 atom stereocenters. The number of imide groups is 1. The van der Waals surface area contributed by atoms with Crippen molar-refractivity contribution in [1.29, 1.82) is 0 Å². The average Bonchev–Trinajstić information content (AvgIpc) is 3.02. The fraction of sp³-hybridized carbons (Fsp3) is 0.565. The third-order valence-electron chi connectivity index (χ3n) is 6.85. The molecule has 4 rings (SSSR count). The molecule has 32 heavy (non-hydrogen) atoms. The Balaban J connectivity index is 1.40. The summed E-state index contributed by atoms with van der Waals surface area (Å²) in [6.45, 7) is 4.96. The van der Waals surface area contributed by atoms with Gasteiger partial charge in [-0.3, -0.25) is 19.3 Å². The zero-order valence-corrected chi connectivity index (χ0v) is 19.4. The first-order chi connectivity index (χ1) is 15.3. The van der Waals surface area contributed by atoms with Crippen molar-refractivity contribution in [3.63, 3.8) is 0 Å². The summed E-state index contributed by atoms with van der Waals surface area (Å²) in [6.07, 6.45) is 3.42. The SMILES string of the molecule is Cc1cc(C(=O)N2CCSCC2)ccc1NC(=O)CN1C(=O)NC2(CCCCC2C)C1=O. The Morgan fingerprint density at radius 1 is 1.22 bits per heavy atom. The Morgan fingerprint density at radius 3 is 2.66 bits per heavy atom. The van der Waals surface area contributed by atoms with Crippen molar-refractivity contribution in [1.82, 2.24) is 15.1 Å². The molecule has 0 radical (unpaired) electrons. The lowest BCUT2D eigenvalue weighted by Gasteiger charge is -2.36. The number of benzene rings is 1. The van der Waals surface area contributed by atoms with Crippen molar-refractivity contribution in [2.75, 3.05) is 36.5 Å². The van der Waals surface area contributed by atoms with E-state index in [9.17, 15) is 19.2 Å². The molecule has 3 fully saturated rings. The molecule has 1 aromatic carbocycles. The highest BCUT2D eigenvalue weighted by molar-refractivity contribution is 7.99. The molecule has 1 saturated carbocycles. The number of carbonyl (C=O) groups is 4. The third-order valence-corrected chi connectivity index (χ3v) is 7.79. The van der Waals surface area contributed by atoms with Gasteiger partial charge in [0.2, 0.25) is 5.91 Å². The Kier molecular flexibility index (Phi) is 6.46. The number of thioether (sulfide) groups is 1. The molecule has 9 heteroatoms. The van der Waals surface area contributed by atoms with E-state index in [0.29, 0.717) is 17.7 Å². The maximum atomic E-state index is 13.0. The molecule has 0 bridgehead atoms. The number of hydrogen-bond donors (Lipinski definition) is 2. The van der Waals surface area contributed by atoms with Gasteiger partial charge in [0.1, 0.15) is 12.1 Å². The van der Waals surface area contributed by atoms with E-state index in [1.807, 2.05) is 30.5 Å². The van der Waals surface area contributed by atoms with Gasteiger partial charge in [-0.2, -0.15) is 11.8 Å². The van der Waals surface area contributed by atoms with Gasteiger partial charge in [0, 0.05) is 35.8 Å². The standard InChI is InChI=1S/C23H30N4O4S/c1-15-13-17(20(29)26-9-11-32-12-10-26)6-7-18(15)24-19(28)14-27-21(30)23(25-22(27)31)8-4-3-5-16(23)2/h6-7,13,16H,3-5,8-12,14H2,1-2H3,(H,24,28)(H,25,31). The molecule has 172 valence electrons. The first kappa shape index (κ1) is 22.6. The van der Waals surface area contributed by atoms with Gasteiger partial charge in [0.05, 0.1) is 0 Å². The van der Waals surface area contributed by atoms with Crippen molar-refractivity contribution in [2.24, 2.45) is 5.92 Å². The van der Waals surface area contributed by atoms with Crippen LogP contribution in [-0.4, -0.2) is 70.2 Å². The average molecular weight is 459 g/mol. The van der Waals surface area contributed by atoms with Crippen LogP contribution in [-0.2, 0) is 9.59 Å². The summed E-state index contributed by atoms with van der Waals surface area (Å²) in [6, 6.07) is 4.68. The minimum Gasteiger partial charge on any atom is -0.337 e. The highest BCUT2D eigenvalue weighted by atomic mass is 32.2. The van der Waals surface area contributed by atoms with Gasteiger partial charge in [0.15, 0.2) is 0 Å². The van der Waals surface area contributed by atoms with E-state index in [2.05, 4.69) is 10.6 Å². The molecular weight excluding hydrogens is 428 g/mol. The van der Waals surface area contributed by atoms with Crippen LogP contribution >= 0.6 is 11.8 Å². The second-order valence-electron chi connectivity index (χ2n) is 8.92. The minimum atomic E-state index is -0.875. The summed E-state index contributed by atoms with van der Waals surface area (Å²) in [7, 11) is 0. The lowest BCUT2D eigenvalue weighted by atomic mass is 9.73. The van der Waals surface area contributed by atoms with E-state index in [-0.39, 0.29) is 24.3 Å². The van der Waals surface area contributed by atoms with Crippen molar-refractivity contribution < 1.29 is 19.2 Å². The van der Waals surface area contributed by atoms with E-state index in [1.54, 1.807) is 18.2 Å². The molecule has 2 heterocycles. The molecule has 5 amide bonds. The third kappa shape index (κ3) is 4.22. The Morgan fingerprint density at radius 2 is 1.97 bits per heavy atom. The van der Waals surface area contributed by atoms with Crippen LogP contribution in [0.3, 0.4) is 0 Å². The smallest absolute Gasteiger partial charge is 0.325 e. The number of nitrogens with zero attached hydrogens (tertiary/aromatic N) is 2. The van der Waals surface area contributed by atoms with Gasteiger partial charge in [-0.05, 0) is 49.4 Å². The summed E-state index contributed by atoms with van der Waals surface area (Å²) < 4.78 is 0. The molecular formula is C23H30N4O4S. The van der Waals surface area contributed by atoms with Gasteiger partial charge in [0.25, 0.3) is 11.8 Å². The highest BCUT2D eigenvalue weighted by Gasteiger charge is 2.55. The molecule has 1 aromatic rings. The monoisotopic (exact) mass is 458 g/mol. The second-order valence-corrected chi connectivity index (χ2v) is 10.1. The van der Waals surface area contributed by atoms with Gasteiger partial charge < -0.3 is 15.5 Å². The van der Waals surface area contributed by atoms with Crippen molar-refractivity contribution in [3.05, 3.63) is 29.3 Å². The molecule has 1 spiro atoms. The number of rotatable bonds is 4. The zero-order chi connectivity index (χ0) is 22.9. The van der Waals surface area contributed by atoms with Gasteiger partial charge in [-0.1, -0.05) is 19.8 Å². The molecule has 2 aliphatic heterocycles. The number of nitrogens with one attached hydrogen (secondary N) is 2. The van der Waals surface area contributed by atoms with Crippen LogP contribution in [0.5, 0.6) is 0 Å². The molecule has 2 saturated heterocycles. The summed E-state index contributed by atoms with van der Waals surface area (Å²) in [5, 5.41) is 5.65. The number of urea groups is 1. The predicted octanol–water partition coefficient (Wildman–Crippen LogP) is 2.62. The number of carbonyl (C=O) groups excluding carboxylic acids is 4. The summed E-state index contributed by atoms with van der Waals surface area (Å²) in [5.41, 5.74) is 1.04. The minimum absolute atomic E-state index is 0.00230. The quantitative estimate of drug-likeness (QED) is 0.676. The van der Waals surface area contributed by atoms with Crippen LogP contribution in [0.25, 0.3) is 0 Å². The summed E-state index contributed by atoms with van der Waals surface area (Å²) >= 11 is 1.85. The lowest BCUT2D eigenvalue weighted by molar-refractivity contribution is -0.136. The largest absolute Gasteiger partial charge is 0.337 e. The van der Waals surface area contributed by atoms with Gasteiger partial charge in [-0.15, -0.1) is 0 Å². The van der Waals surface area contributed by atoms with Gasteiger partial charge >= 0.3 is 6.03 Å². The maximum Gasteiger partial charge on any atom is 0.325 e. The highest BCUT2D eigenvalue weighted by Crippen LogP contribution is 2.38. The molecule has 2 unspecified atom stereocenters. The van der Waals surface area contributed by atoms with E-state index in [4.69, 9.17) is 0 Å². The van der Waals surface area contributed by atoms with E-state index >= 15 is 0 Å². The molecule has 1 aliphatic carbocycles. The Hall–Kier alpha value is -2.55. The van der Waals surface area contributed by atoms with E-state index < -0.39 is 17.5 Å². The zero-order valence-electron chi connectivity index (χ0n) is 18.6. The van der Waals surface area contributed by atoms with Crippen LogP contribution in [0.4, 0.5) is 10.5 Å². The number of hydrogen-bond acceptors (Lipinski definition) is 5. The topological polar surface area (TPSA) is 98.8 Å². The van der Waals surface area contributed by atoms with Crippen molar-refractivity contribution in [2.45, 2.75) is 45.1 Å². The summed E-state index contributed by atoms with van der Waals surface area (Å²) in [4.78, 5) is 53.8. The first-order valence-corrected chi connectivity index (χ1v) is 12.4. The molecule has 2 N–H and O–H groups in total. The van der Waals surface area contributed by atoms with Crippen LogP contribution in [0.2, 0.25) is 0 Å². The first-order valence-electron chi connectivity index (χ1n) is 11.2. The number of anilines is 1. The summed E-state index contributed by atoms with van der Waals surface area (Å²) in [5.74, 6) is 1.19. The van der Waals surface area contributed by atoms with Crippen LogP contribution in [0.15, 0.2) is 18.2 Å². The van der Waals surface area contributed by atoms with Crippen LogP contribution in [0.1, 0.15) is 48.5 Å². The Bertz CT molecular complexity index is 946. The lowest BCUT2D eigenvalue weighted by Crippen LogP contribution is -2.54. The molecule has 0 aromatic heterocycles. The number of amides is 5.